The Balaban J connectivity index is 1.86. The topological polar surface area (TPSA) is 53.0 Å². The van der Waals surface area contributed by atoms with E-state index >= 15 is 0 Å². The zero-order valence-corrected chi connectivity index (χ0v) is 13.0. The number of morpholine rings is 1. The van der Waals surface area contributed by atoms with Crippen LogP contribution in [0.15, 0.2) is 24.3 Å². The van der Waals surface area contributed by atoms with E-state index in [4.69, 9.17) is 16.3 Å². The summed E-state index contributed by atoms with van der Waals surface area (Å²) in [5.41, 5.74) is 0.994. The van der Waals surface area contributed by atoms with Crippen molar-refractivity contribution < 1.29 is 14.6 Å². The third-order valence-electron chi connectivity index (χ3n) is 3.66. The van der Waals surface area contributed by atoms with E-state index < -0.39 is 16.0 Å². The minimum absolute atomic E-state index is 0.0426. The van der Waals surface area contributed by atoms with Crippen molar-refractivity contribution in [3.8, 4) is 0 Å². The van der Waals surface area contributed by atoms with Crippen molar-refractivity contribution in [2.24, 2.45) is 0 Å². The van der Waals surface area contributed by atoms with E-state index in [1.807, 2.05) is 34.0 Å². The summed E-state index contributed by atoms with van der Waals surface area (Å²) < 4.78 is 7.30. The van der Waals surface area contributed by atoms with Crippen molar-refractivity contribution in [3.05, 3.63) is 34.9 Å². The largest absolute Gasteiger partial charge is 0.473 e. The molecule has 1 fully saturated rings. The second kappa shape index (κ2) is 6.46. The molecule has 1 saturated heterocycles. The number of hydrazine groups is 1. The smallest absolute Gasteiger partial charge is 0.374 e. The molecule has 3 rings (SSSR count). The number of ether oxygens (including phenoxy) is 1. The predicted octanol–water partition coefficient (Wildman–Crippen LogP) is 2.65. The van der Waals surface area contributed by atoms with Gasteiger partial charge in [0.2, 0.25) is 0 Å². The molecule has 2 heterocycles. The second-order valence-electron chi connectivity index (χ2n) is 4.95. The van der Waals surface area contributed by atoms with E-state index in [-0.39, 0.29) is 5.92 Å². The van der Waals surface area contributed by atoms with Crippen LogP contribution >= 0.6 is 22.3 Å². The number of halogens is 1. The highest BCUT2D eigenvalue weighted by Gasteiger charge is 2.33. The molecule has 0 aliphatic carbocycles. The minimum Gasteiger partial charge on any atom is -0.473 e. The lowest BCUT2D eigenvalue weighted by molar-refractivity contribution is -0.0357. The van der Waals surface area contributed by atoms with Crippen LogP contribution in [0.25, 0.3) is 0 Å². The average molecular weight is 329 g/mol. The summed E-state index contributed by atoms with van der Waals surface area (Å²) in [6.07, 6.45) is 0. The Kier molecular flexibility index (Phi) is 4.61. The summed E-state index contributed by atoms with van der Waals surface area (Å²) >= 11 is 6.25. The Labute approximate surface area is 131 Å². The van der Waals surface area contributed by atoms with Gasteiger partial charge in [-0.1, -0.05) is 29.8 Å². The highest BCUT2D eigenvalue weighted by atomic mass is 35.5. The molecule has 2 unspecified atom stereocenters. The van der Waals surface area contributed by atoms with Gasteiger partial charge in [-0.3, -0.25) is 0 Å². The number of rotatable bonds is 2. The van der Waals surface area contributed by atoms with E-state index in [2.05, 4.69) is 5.01 Å². The molecular weight excluding hydrogens is 312 g/mol. The quantitative estimate of drug-likeness (QED) is 0.846. The van der Waals surface area contributed by atoms with Gasteiger partial charge >= 0.3 is 5.30 Å². The monoisotopic (exact) mass is 328 g/mol. The van der Waals surface area contributed by atoms with E-state index in [1.165, 1.54) is 0 Å². The second-order valence-corrected chi connectivity index (χ2v) is 7.02. The van der Waals surface area contributed by atoms with Crippen LogP contribution in [0.3, 0.4) is 0 Å². The molecule has 5 nitrogen and oxygen atoms in total. The average Bonchev–Trinajstić information content (AvgIpc) is 2.94. The molecule has 2 aliphatic heterocycles. The molecule has 2 atom stereocenters. The summed E-state index contributed by atoms with van der Waals surface area (Å²) in [7, 11) is -0.916. The van der Waals surface area contributed by atoms with Crippen LogP contribution in [0.2, 0.25) is 5.02 Å². The van der Waals surface area contributed by atoms with E-state index in [1.54, 1.807) is 0 Å². The van der Waals surface area contributed by atoms with Crippen LogP contribution in [0.5, 0.6) is 0 Å². The third kappa shape index (κ3) is 3.14. The lowest BCUT2D eigenvalue weighted by Crippen LogP contribution is -2.46. The number of carboxylic acid groups (broad SMARTS) is 1. The summed E-state index contributed by atoms with van der Waals surface area (Å²) in [5.74, 6) is 0.0426. The molecule has 0 amide bonds. The summed E-state index contributed by atoms with van der Waals surface area (Å²) in [4.78, 5) is 11.6. The highest BCUT2D eigenvalue weighted by molar-refractivity contribution is 8.25. The van der Waals surface area contributed by atoms with E-state index in [0.717, 1.165) is 18.7 Å². The Morgan fingerprint density at radius 3 is 2.71 bits per heavy atom. The van der Waals surface area contributed by atoms with Crippen LogP contribution in [-0.2, 0) is 4.74 Å². The van der Waals surface area contributed by atoms with Gasteiger partial charge in [0.05, 0.1) is 13.2 Å². The van der Waals surface area contributed by atoms with E-state index in [9.17, 15) is 9.90 Å². The van der Waals surface area contributed by atoms with Crippen molar-refractivity contribution in [3.63, 3.8) is 0 Å². The first kappa shape index (κ1) is 15.0. The standard InChI is InChI=1S/C14H17ClN2O3S/c15-13-4-2-1-3-12(13)11-9-17(21(10-11)14(18)19)16-5-7-20-8-6-16/h1-4,10-11H,5-9H2,(H,18,19). The molecule has 1 aromatic rings. The fraction of sp³-hybridized carbons (Fsp3) is 0.429. The summed E-state index contributed by atoms with van der Waals surface area (Å²) in [6.45, 7) is 3.41. The van der Waals surface area contributed by atoms with Crippen molar-refractivity contribution in [2.45, 2.75) is 5.92 Å². The summed E-state index contributed by atoms with van der Waals surface area (Å²) in [5, 5.41) is 13.4. The fourth-order valence-corrected chi connectivity index (χ4v) is 4.62. The zero-order chi connectivity index (χ0) is 14.8. The maximum absolute atomic E-state index is 11.6. The van der Waals surface area contributed by atoms with Gasteiger partial charge in [-0.15, -0.1) is 0 Å². The molecule has 1 N–H and O–H groups in total. The van der Waals surface area contributed by atoms with Crippen LogP contribution in [0.4, 0.5) is 4.79 Å². The van der Waals surface area contributed by atoms with Gasteiger partial charge in [-0.2, -0.15) is 4.41 Å². The van der Waals surface area contributed by atoms with Crippen LogP contribution in [0.1, 0.15) is 11.5 Å². The Bertz CT molecular complexity index is 575. The van der Waals surface area contributed by atoms with Crippen LogP contribution < -0.4 is 0 Å². The van der Waals surface area contributed by atoms with Gasteiger partial charge in [0.1, 0.15) is 0 Å². The Morgan fingerprint density at radius 2 is 2.05 bits per heavy atom. The SMILES string of the molecule is O=C(O)S1=CC(c2ccccc2Cl)CN1N1CCOCC1. The zero-order valence-electron chi connectivity index (χ0n) is 11.4. The molecule has 0 bridgehead atoms. The molecule has 0 spiro atoms. The Hall–Kier alpha value is -0.920. The molecular formula is C14H17ClN2O3S. The fourth-order valence-electron chi connectivity index (χ4n) is 2.63. The van der Waals surface area contributed by atoms with Crippen molar-refractivity contribution in [2.75, 3.05) is 32.8 Å². The molecule has 0 aromatic heterocycles. The summed E-state index contributed by atoms with van der Waals surface area (Å²) in [6, 6.07) is 7.64. The number of hydrogen-bond donors (Lipinski definition) is 1. The van der Waals surface area contributed by atoms with Gasteiger partial charge in [0, 0.05) is 41.2 Å². The number of nitrogens with zero attached hydrogens (tertiary/aromatic N) is 2. The van der Waals surface area contributed by atoms with Gasteiger partial charge in [0.15, 0.2) is 0 Å². The lowest BCUT2D eigenvalue weighted by atomic mass is 10.0. The molecule has 2 aliphatic rings. The van der Waals surface area contributed by atoms with E-state index in [0.29, 0.717) is 24.8 Å². The lowest BCUT2D eigenvalue weighted by Gasteiger charge is -2.35. The van der Waals surface area contributed by atoms with Crippen molar-refractivity contribution in [1.82, 2.24) is 9.42 Å². The first-order valence-corrected chi connectivity index (χ1v) is 8.45. The molecule has 0 radical (unpaired) electrons. The first-order chi connectivity index (χ1) is 10.2. The molecule has 1 aromatic carbocycles. The van der Waals surface area contributed by atoms with Crippen LogP contribution in [0, 0.1) is 0 Å². The molecule has 0 saturated carbocycles. The number of hydrogen-bond acceptors (Lipinski definition) is 4. The number of benzene rings is 1. The van der Waals surface area contributed by atoms with Gasteiger partial charge in [-0.25, -0.2) is 9.80 Å². The predicted molar refractivity (Wildman–Crippen MR) is 85.0 cm³/mol. The number of carbonyl (C=O) groups is 1. The normalized spacial score (nSPS) is 27.5. The third-order valence-corrected chi connectivity index (χ3v) is 5.78. The maximum atomic E-state index is 11.6. The molecule has 114 valence electrons. The van der Waals surface area contributed by atoms with Gasteiger partial charge in [-0.05, 0) is 17.0 Å². The Morgan fingerprint density at radius 1 is 1.33 bits per heavy atom. The van der Waals surface area contributed by atoms with Gasteiger partial charge in [0.25, 0.3) is 0 Å². The maximum Gasteiger partial charge on any atom is 0.374 e. The molecule has 7 heteroatoms. The van der Waals surface area contributed by atoms with Crippen molar-refractivity contribution >= 4 is 32.9 Å². The van der Waals surface area contributed by atoms with Crippen molar-refractivity contribution in [1.29, 1.82) is 0 Å². The first-order valence-electron chi connectivity index (χ1n) is 6.82. The van der Waals surface area contributed by atoms with Crippen LogP contribution in [-0.4, -0.2) is 58.0 Å². The highest BCUT2D eigenvalue weighted by Crippen LogP contribution is 2.37. The van der Waals surface area contributed by atoms with Gasteiger partial charge < -0.3 is 9.84 Å². The molecule has 21 heavy (non-hydrogen) atoms. The minimum atomic E-state index is -0.916.